The lowest BCUT2D eigenvalue weighted by molar-refractivity contribution is 0.408. The molecule has 1 aromatic carbocycles. The first-order valence-corrected chi connectivity index (χ1v) is 8.84. The Labute approximate surface area is 125 Å². The summed E-state index contributed by atoms with van der Waals surface area (Å²) in [6.07, 6.45) is 1.87. The summed E-state index contributed by atoms with van der Waals surface area (Å²) in [6, 6.07) is 3.60. The number of benzene rings is 1. The van der Waals surface area contributed by atoms with E-state index in [1.807, 2.05) is 19.9 Å². The van der Waals surface area contributed by atoms with Gasteiger partial charge >= 0.3 is 0 Å². The van der Waals surface area contributed by atoms with Gasteiger partial charge in [-0.15, -0.1) is 0 Å². The van der Waals surface area contributed by atoms with Crippen LogP contribution >= 0.6 is 31.9 Å². The molecule has 0 aromatic heterocycles. The first-order chi connectivity index (χ1) is 8.34. The van der Waals surface area contributed by atoms with Gasteiger partial charge in [-0.05, 0) is 60.3 Å². The average Bonchev–Trinajstić information content (AvgIpc) is 2.70. The maximum Gasteiger partial charge on any atom is 0.244 e. The molecule has 3 nitrogen and oxygen atoms in total. The molecule has 0 saturated carbocycles. The van der Waals surface area contributed by atoms with Gasteiger partial charge in [0.25, 0.3) is 0 Å². The molecule has 1 aliphatic rings. The zero-order chi connectivity index (χ0) is 13.5. The molecule has 18 heavy (non-hydrogen) atoms. The monoisotopic (exact) mass is 395 g/mol. The van der Waals surface area contributed by atoms with Gasteiger partial charge in [0.05, 0.1) is 4.90 Å². The van der Waals surface area contributed by atoms with Crippen molar-refractivity contribution in [1.29, 1.82) is 0 Å². The van der Waals surface area contributed by atoms with E-state index in [1.165, 1.54) is 0 Å². The summed E-state index contributed by atoms with van der Waals surface area (Å²) in [5.74, 6) is 0. The van der Waals surface area contributed by atoms with Gasteiger partial charge in [0, 0.05) is 21.5 Å². The van der Waals surface area contributed by atoms with Crippen molar-refractivity contribution < 1.29 is 8.42 Å². The molecular weight excluding hydrogens is 382 g/mol. The van der Waals surface area contributed by atoms with Gasteiger partial charge in [0.2, 0.25) is 10.0 Å². The van der Waals surface area contributed by atoms with Crippen LogP contribution in [0.15, 0.2) is 26.0 Å². The number of nitrogens with zero attached hydrogens (tertiary/aromatic N) is 1. The van der Waals surface area contributed by atoms with Crippen molar-refractivity contribution in [2.75, 3.05) is 6.54 Å². The Balaban J connectivity index is 2.51. The molecule has 1 atom stereocenters. The maximum atomic E-state index is 12.6. The van der Waals surface area contributed by atoms with Gasteiger partial charge in [-0.3, -0.25) is 0 Å². The smallest absolute Gasteiger partial charge is 0.207 e. The number of hydrogen-bond acceptors (Lipinski definition) is 2. The van der Waals surface area contributed by atoms with Crippen LogP contribution < -0.4 is 0 Å². The lowest BCUT2D eigenvalue weighted by Crippen LogP contribution is -2.33. The van der Waals surface area contributed by atoms with Gasteiger partial charge in [-0.2, -0.15) is 4.31 Å². The fraction of sp³-hybridized carbons (Fsp3) is 0.500. The summed E-state index contributed by atoms with van der Waals surface area (Å²) >= 11 is 6.75. The van der Waals surface area contributed by atoms with Crippen molar-refractivity contribution in [1.82, 2.24) is 4.31 Å². The van der Waals surface area contributed by atoms with E-state index in [0.29, 0.717) is 15.9 Å². The van der Waals surface area contributed by atoms with E-state index in [-0.39, 0.29) is 6.04 Å². The molecule has 1 aromatic rings. The van der Waals surface area contributed by atoms with Gasteiger partial charge < -0.3 is 0 Å². The predicted molar refractivity (Wildman–Crippen MR) is 79.2 cm³/mol. The second kappa shape index (κ2) is 5.23. The molecule has 6 heteroatoms. The Kier molecular flexibility index (Phi) is 4.21. The van der Waals surface area contributed by atoms with Gasteiger partial charge in [-0.25, -0.2) is 8.42 Å². The first-order valence-electron chi connectivity index (χ1n) is 5.81. The van der Waals surface area contributed by atoms with Crippen LogP contribution in [0.2, 0.25) is 0 Å². The van der Waals surface area contributed by atoms with Crippen molar-refractivity contribution in [3.63, 3.8) is 0 Å². The predicted octanol–water partition coefficient (Wildman–Crippen LogP) is 3.69. The minimum Gasteiger partial charge on any atom is -0.207 e. The SMILES string of the molecule is Cc1cc(Br)c(S(=O)(=O)N2CCCC2C)cc1Br. The minimum absolute atomic E-state index is 0.0852. The van der Waals surface area contributed by atoms with E-state index in [1.54, 1.807) is 10.4 Å². The number of aryl methyl sites for hydroxylation is 1. The zero-order valence-corrected chi connectivity index (χ0v) is 14.3. The van der Waals surface area contributed by atoms with E-state index < -0.39 is 10.0 Å². The second-order valence-electron chi connectivity index (χ2n) is 4.64. The standard InChI is InChI=1S/C12H15Br2NO2S/c1-8-6-11(14)12(7-10(8)13)18(16,17)15-5-3-4-9(15)2/h6-7,9H,3-5H2,1-2H3. The lowest BCUT2D eigenvalue weighted by atomic mass is 10.2. The van der Waals surface area contributed by atoms with Crippen molar-refractivity contribution in [3.8, 4) is 0 Å². The van der Waals surface area contributed by atoms with Crippen molar-refractivity contribution in [2.45, 2.75) is 37.6 Å². The second-order valence-corrected chi connectivity index (χ2v) is 8.21. The van der Waals surface area contributed by atoms with Crippen molar-refractivity contribution in [2.24, 2.45) is 0 Å². The highest BCUT2D eigenvalue weighted by Gasteiger charge is 2.34. The average molecular weight is 397 g/mol. The Bertz CT molecular complexity index is 572. The van der Waals surface area contributed by atoms with Crippen LogP contribution in [0.25, 0.3) is 0 Å². The Morgan fingerprint density at radius 1 is 1.28 bits per heavy atom. The van der Waals surface area contributed by atoms with Gasteiger partial charge in [0.15, 0.2) is 0 Å². The highest BCUT2D eigenvalue weighted by Crippen LogP contribution is 2.33. The van der Waals surface area contributed by atoms with E-state index >= 15 is 0 Å². The molecule has 1 fully saturated rings. The third-order valence-corrected chi connectivity index (χ3v) is 7.12. The van der Waals surface area contributed by atoms with Gasteiger partial charge in [-0.1, -0.05) is 15.9 Å². The normalized spacial score (nSPS) is 21.4. The summed E-state index contributed by atoms with van der Waals surface area (Å²) in [5, 5.41) is 0. The molecule has 0 radical (unpaired) electrons. The number of sulfonamides is 1. The van der Waals surface area contributed by atoms with E-state index in [4.69, 9.17) is 0 Å². The number of hydrogen-bond donors (Lipinski definition) is 0. The Morgan fingerprint density at radius 2 is 1.94 bits per heavy atom. The topological polar surface area (TPSA) is 37.4 Å². The summed E-state index contributed by atoms with van der Waals surface area (Å²) in [5.41, 5.74) is 1.01. The highest BCUT2D eigenvalue weighted by atomic mass is 79.9. The molecule has 1 aliphatic heterocycles. The highest BCUT2D eigenvalue weighted by molar-refractivity contribution is 9.11. The van der Waals surface area contributed by atoms with Crippen LogP contribution in [0.3, 0.4) is 0 Å². The molecule has 1 unspecified atom stereocenters. The van der Waals surface area contributed by atoms with Crippen LogP contribution in [-0.4, -0.2) is 25.3 Å². The van der Waals surface area contributed by atoms with Gasteiger partial charge in [0.1, 0.15) is 0 Å². The molecule has 100 valence electrons. The van der Waals surface area contributed by atoms with Crippen LogP contribution in [0.4, 0.5) is 0 Å². The molecule has 0 bridgehead atoms. The van der Waals surface area contributed by atoms with E-state index in [0.717, 1.165) is 22.9 Å². The molecule has 1 saturated heterocycles. The van der Waals surface area contributed by atoms with Crippen LogP contribution in [0.1, 0.15) is 25.3 Å². The largest absolute Gasteiger partial charge is 0.244 e. The number of halogens is 2. The molecular formula is C12H15Br2NO2S. The maximum absolute atomic E-state index is 12.6. The van der Waals surface area contributed by atoms with Crippen molar-refractivity contribution >= 4 is 41.9 Å². The Hall–Kier alpha value is 0.0900. The Morgan fingerprint density at radius 3 is 2.50 bits per heavy atom. The van der Waals surface area contributed by atoms with Crippen LogP contribution in [0.5, 0.6) is 0 Å². The summed E-state index contributed by atoms with van der Waals surface area (Å²) < 4.78 is 28.2. The third-order valence-electron chi connectivity index (χ3n) is 3.29. The first kappa shape index (κ1) is 14.5. The molecule has 0 spiro atoms. The molecule has 0 N–H and O–H groups in total. The van der Waals surface area contributed by atoms with Crippen LogP contribution in [-0.2, 0) is 10.0 Å². The summed E-state index contributed by atoms with van der Waals surface area (Å²) in [6.45, 7) is 4.51. The quantitative estimate of drug-likeness (QED) is 0.764. The zero-order valence-electron chi connectivity index (χ0n) is 10.3. The molecule has 1 heterocycles. The van der Waals surface area contributed by atoms with Crippen molar-refractivity contribution in [3.05, 3.63) is 26.6 Å². The summed E-state index contributed by atoms with van der Waals surface area (Å²) in [4.78, 5) is 0.341. The summed E-state index contributed by atoms with van der Waals surface area (Å²) in [7, 11) is -3.40. The minimum atomic E-state index is -3.40. The third kappa shape index (κ3) is 2.53. The molecule has 0 amide bonds. The number of rotatable bonds is 2. The molecule has 2 rings (SSSR count). The fourth-order valence-corrected chi connectivity index (χ4v) is 5.56. The molecule has 0 aliphatic carbocycles. The van der Waals surface area contributed by atoms with E-state index in [2.05, 4.69) is 31.9 Å². The van der Waals surface area contributed by atoms with Crippen LogP contribution in [0, 0.1) is 6.92 Å². The van der Waals surface area contributed by atoms with E-state index in [9.17, 15) is 8.42 Å². The lowest BCUT2D eigenvalue weighted by Gasteiger charge is -2.22. The fourth-order valence-electron chi connectivity index (χ4n) is 2.22.